The lowest BCUT2D eigenvalue weighted by Gasteiger charge is -2.12. The molecule has 0 radical (unpaired) electrons. The quantitative estimate of drug-likeness (QED) is 0.863. The highest BCUT2D eigenvalue weighted by Gasteiger charge is 2.08. The van der Waals surface area contributed by atoms with Crippen molar-refractivity contribution in [2.24, 2.45) is 5.73 Å². The molecule has 0 aliphatic carbocycles. The largest absolute Gasteiger partial charge is 0.493 e. The molecule has 5 heteroatoms. The molecule has 0 unspecified atom stereocenters. The Balaban J connectivity index is 2.14. The van der Waals surface area contributed by atoms with Crippen LogP contribution >= 0.6 is 0 Å². The van der Waals surface area contributed by atoms with Crippen LogP contribution in [0.5, 0.6) is 11.5 Å². The lowest BCUT2D eigenvalue weighted by atomic mass is 10.2. The van der Waals surface area contributed by atoms with Gasteiger partial charge in [0.25, 0.3) is 0 Å². The van der Waals surface area contributed by atoms with Gasteiger partial charge in [0.15, 0.2) is 11.5 Å². The Hall–Kier alpha value is -2.01. The lowest BCUT2D eigenvalue weighted by Crippen LogP contribution is -2.06. The van der Waals surface area contributed by atoms with Gasteiger partial charge in [-0.1, -0.05) is 6.07 Å². The minimum atomic E-state index is 0.408. The first-order chi connectivity index (χ1) is 9.28. The van der Waals surface area contributed by atoms with Gasteiger partial charge in [0, 0.05) is 25.5 Å². The molecule has 1 aromatic carbocycles. The molecule has 0 aliphatic rings. The summed E-state index contributed by atoms with van der Waals surface area (Å²) >= 11 is 0. The molecule has 0 amide bonds. The highest BCUT2D eigenvalue weighted by molar-refractivity contribution is 5.42. The van der Waals surface area contributed by atoms with Gasteiger partial charge in [-0.3, -0.25) is 0 Å². The fraction of sp³-hybridized carbons (Fsp3) is 0.357. The Bertz CT molecular complexity index is 537. The second kappa shape index (κ2) is 6.24. The zero-order chi connectivity index (χ0) is 13.7. The van der Waals surface area contributed by atoms with Gasteiger partial charge in [0.1, 0.15) is 12.4 Å². The van der Waals surface area contributed by atoms with Crippen LogP contribution in [0.4, 0.5) is 0 Å². The number of aryl methyl sites for hydroxylation is 1. The number of ether oxygens (including phenoxy) is 2. The third-order valence-corrected chi connectivity index (χ3v) is 2.96. The van der Waals surface area contributed by atoms with Crippen LogP contribution in [0.3, 0.4) is 0 Å². The number of rotatable bonds is 6. The predicted octanol–water partition coefficient (Wildman–Crippen LogP) is 1.95. The summed E-state index contributed by atoms with van der Waals surface area (Å²) in [5.74, 6) is 2.28. The number of nitrogens with two attached hydrogens (primary N) is 1. The Morgan fingerprint density at radius 2 is 2.16 bits per heavy atom. The van der Waals surface area contributed by atoms with E-state index < -0.39 is 0 Å². The second-order valence-corrected chi connectivity index (χ2v) is 4.11. The Kier molecular flexibility index (Phi) is 4.41. The highest BCUT2D eigenvalue weighted by Crippen LogP contribution is 2.28. The van der Waals surface area contributed by atoms with Crippen LogP contribution in [0, 0.1) is 0 Å². The standard InChI is InChI=1S/C14H19N3O2/c1-3-17-7-6-16-14(17)10-19-13-8-11(9-15)4-5-12(13)18-2/h4-8H,3,9-10,15H2,1-2H3. The number of aromatic nitrogens is 2. The molecule has 2 N–H and O–H groups in total. The minimum absolute atomic E-state index is 0.408. The first-order valence-electron chi connectivity index (χ1n) is 6.28. The molecule has 19 heavy (non-hydrogen) atoms. The normalized spacial score (nSPS) is 10.5. The van der Waals surface area contributed by atoms with E-state index in [1.807, 2.05) is 29.0 Å². The molecular weight excluding hydrogens is 242 g/mol. The molecule has 0 fully saturated rings. The topological polar surface area (TPSA) is 62.3 Å². The van der Waals surface area contributed by atoms with Crippen LogP contribution in [0.25, 0.3) is 0 Å². The third kappa shape index (κ3) is 3.06. The monoisotopic (exact) mass is 261 g/mol. The van der Waals surface area contributed by atoms with Crippen molar-refractivity contribution in [3.63, 3.8) is 0 Å². The van der Waals surface area contributed by atoms with Gasteiger partial charge in [-0.2, -0.15) is 0 Å². The van der Waals surface area contributed by atoms with Crippen molar-refractivity contribution in [3.05, 3.63) is 42.0 Å². The maximum Gasteiger partial charge on any atom is 0.162 e. The molecule has 2 rings (SSSR count). The van der Waals surface area contributed by atoms with Gasteiger partial charge in [-0.15, -0.1) is 0 Å². The van der Waals surface area contributed by atoms with Gasteiger partial charge in [-0.05, 0) is 24.6 Å². The summed E-state index contributed by atoms with van der Waals surface area (Å²) in [6, 6.07) is 5.70. The number of benzene rings is 1. The van der Waals surface area contributed by atoms with Crippen LogP contribution in [-0.2, 0) is 19.7 Å². The molecule has 102 valence electrons. The number of hydrogen-bond acceptors (Lipinski definition) is 4. The molecule has 5 nitrogen and oxygen atoms in total. The van der Waals surface area contributed by atoms with Crippen LogP contribution < -0.4 is 15.2 Å². The van der Waals surface area contributed by atoms with Crippen molar-refractivity contribution >= 4 is 0 Å². The Labute approximate surface area is 113 Å². The summed E-state index contributed by atoms with van der Waals surface area (Å²) in [5.41, 5.74) is 6.64. The van der Waals surface area contributed by atoms with Crippen LogP contribution in [-0.4, -0.2) is 16.7 Å². The molecule has 0 aliphatic heterocycles. The first kappa shape index (κ1) is 13.4. The van der Waals surface area contributed by atoms with Gasteiger partial charge in [-0.25, -0.2) is 4.98 Å². The van der Waals surface area contributed by atoms with Crippen molar-refractivity contribution in [2.75, 3.05) is 7.11 Å². The molecule has 0 saturated heterocycles. The second-order valence-electron chi connectivity index (χ2n) is 4.11. The summed E-state index contributed by atoms with van der Waals surface area (Å²) < 4.78 is 13.1. The zero-order valence-electron chi connectivity index (χ0n) is 11.3. The van der Waals surface area contributed by atoms with E-state index in [0.717, 1.165) is 17.9 Å². The van der Waals surface area contributed by atoms with E-state index in [9.17, 15) is 0 Å². The van der Waals surface area contributed by atoms with E-state index in [1.165, 1.54) is 0 Å². The van der Waals surface area contributed by atoms with E-state index >= 15 is 0 Å². The lowest BCUT2D eigenvalue weighted by molar-refractivity contribution is 0.271. The maximum absolute atomic E-state index is 5.79. The molecule has 0 bridgehead atoms. The summed E-state index contributed by atoms with van der Waals surface area (Å²) in [6.45, 7) is 3.83. The van der Waals surface area contributed by atoms with E-state index in [4.69, 9.17) is 15.2 Å². The number of imidazole rings is 1. The van der Waals surface area contributed by atoms with E-state index in [-0.39, 0.29) is 0 Å². The fourth-order valence-electron chi connectivity index (χ4n) is 1.87. The average molecular weight is 261 g/mol. The Morgan fingerprint density at radius 1 is 1.32 bits per heavy atom. The molecule has 2 aromatic rings. The summed E-state index contributed by atoms with van der Waals surface area (Å²) in [7, 11) is 1.62. The van der Waals surface area contributed by atoms with Crippen molar-refractivity contribution in [3.8, 4) is 11.5 Å². The molecule has 1 aromatic heterocycles. The highest BCUT2D eigenvalue weighted by atomic mass is 16.5. The smallest absolute Gasteiger partial charge is 0.162 e. The van der Waals surface area contributed by atoms with Crippen molar-refractivity contribution in [1.29, 1.82) is 0 Å². The van der Waals surface area contributed by atoms with Crippen molar-refractivity contribution in [1.82, 2.24) is 9.55 Å². The molecule has 0 saturated carbocycles. The van der Waals surface area contributed by atoms with Gasteiger partial charge in [0.2, 0.25) is 0 Å². The number of hydrogen-bond donors (Lipinski definition) is 1. The summed E-state index contributed by atoms with van der Waals surface area (Å²) in [5, 5.41) is 0. The van der Waals surface area contributed by atoms with Gasteiger partial charge >= 0.3 is 0 Å². The van der Waals surface area contributed by atoms with Crippen molar-refractivity contribution < 1.29 is 9.47 Å². The molecule has 0 atom stereocenters. The molecular formula is C14H19N3O2. The predicted molar refractivity (Wildman–Crippen MR) is 73.1 cm³/mol. The van der Waals surface area contributed by atoms with Crippen molar-refractivity contribution in [2.45, 2.75) is 26.6 Å². The maximum atomic E-state index is 5.79. The van der Waals surface area contributed by atoms with E-state index in [0.29, 0.717) is 24.7 Å². The first-order valence-corrected chi connectivity index (χ1v) is 6.28. The van der Waals surface area contributed by atoms with Crippen LogP contribution in [0.1, 0.15) is 18.3 Å². The molecule has 0 spiro atoms. The van der Waals surface area contributed by atoms with E-state index in [1.54, 1.807) is 13.3 Å². The summed E-state index contributed by atoms with van der Waals surface area (Å²) in [6.07, 6.45) is 3.71. The third-order valence-electron chi connectivity index (χ3n) is 2.96. The number of nitrogens with zero attached hydrogens (tertiary/aromatic N) is 2. The average Bonchev–Trinajstić information content (AvgIpc) is 2.92. The fourth-order valence-corrected chi connectivity index (χ4v) is 1.87. The van der Waals surface area contributed by atoms with E-state index in [2.05, 4.69) is 11.9 Å². The van der Waals surface area contributed by atoms with Gasteiger partial charge < -0.3 is 19.8 Å². The molecule has 1 heterocycles. The summed E-state index contributed by atoms with van der Waals surface area (Å²) in [4.78, 5) is 4.27. The van der Waals surface area contributed by atoms with Gasteiger partial charge in [0.05, 0.1) is 7.11 Å². The number of methoxy groups -OCH3 is 1. The zero-order valence-corrected chi connectivity index (χ0v) is 11.3. The van der Waals surface area contributed by atoms with Crippen LogP contribution in [0.2, 0.25) is 0 Å². The minimum Gasteiger partial charge on any atom is -0.493 e. The van der Waals surface area contributed by atoms with Crippen LogP contribution in [0.15, 0.2) is 30.6 Å². The SMILES string of the molecule is CCn1ccnc1COc1cc(CN)ccc1OC. The Morgan fingerprint density at radius 3 is 2.84 bits per heavy atom.